The smallest absolute Gasteiger partial charge is 0.181 e. The number of nitrogens with zero attached hydrogens (tertiary/aromatic N) is 3. The van der Waals surface area contributed by atoms with Crippen LogP contribution in [0.15, 0.2) is 12.3 Å². The van der Waals surface area contributed by atoms with Gasteiger partial charge in [-0.2, -0.15) is 5.10 Å². The van der Waals surface area contributed by atoms with Crippen molar-refractivity contribution in [1.29, 1.82) is 0 Å². The van der Waals surface area contributed by atoms with E-state index in [-0.39, 0.29) is 0 Å². The summed E-state index contributed by atoms with van der Waals surface area (Å²) in [6.45, 7) is 9.65. The van der Waals surface area contributed by atoms with Crippen molar-refractivity contribution in [3.05, 3.63) is 23.5 Å². The summed E-state index contributed by atoms with van der Waals surface area (Å²) in [6.07, 6.45) is 1.95. The summed E-state index contributed by atoms with van der Waals surface area (Å²) >= 11 is 0. The third-order valence-electron chi connectivity index (χ3n) is 3.94. The van der Waals surface area contributed by atoms with Gasteiger partial charge in [-0.3, -0.25) is 10.00 Å². The maximum Gasteiger partial charge on any atom is 0.181 e. The van der Waals surface area contributed by atoms with Gasteiger partial charge < -0.3 is 5.32 Å². The van der Waals surface area contributed by atoms with Gasteiger partial charge in [-0.25, -0.2) is 4.98 Å². The summed E-state index contributed by atoms with van der Waals surface area (Å²) in [5.41, 5.74) is 3.16. The first kappa shape index (κ1) is 12.6. The fourth-order valence-corrected chi connectivity index (χ4v) is 2.70. The van der Waals surface area contributed by atoms with Gasteiger partial charge in [0, 0.05) is 49.0 Å². The van der Waals surface area contributed by atoms with E-state index in [4.69, 9.17) is 0 Å². The molecular weight excluding hydrogens is 238 g/mol. The average molecular weight is 259 g/mol. The Balaban J connectivity index is 1.82. The zero-order valence-electron chi connectivity index (χ0n) is 11.8. The minimum atomic E-state index is 0.559. The first-order chi connectivity index (χ1) is 9.13. The lowest BCUT2D eigenvalue weighted by molar-refractivity contribution is 0.139. The summed E-state index contributed by atoms with van der Waals surface area (Å²) < 4.78 is 0. The summed E-state index contributed by atoms with van der Waals surface area (Å²) in [5, 5.41) is 11.8. The molecule has 102 valence electrons. The quantitative estimate of drug-likeness (QED) is 0.857. The van der Waals surface area contributed by atoms with Gasteiger partial charge >= 0.3 is 0 Å². The van der Waals surface area contributed by atoms with Gasteiger partial charge in [0.15, 0.2) is 5.65 Å². The Morgan fingerprint density at radius 1 is 1.42 bits per heavy atom. The van der Waals surface area contributed by atoms with E-state index in [9.17, 15) is 0 Å². The van der Waals surface area contributed by atoms with Gasteiger partial charge in [0.05, 0.1) is 0 Å². The number of aromatic amines is 1. The van der Waals surface area contributed by atoms with E-state index in [1.807, 2.05) is 13.1 Å². The molecule has 3 rings (SSSR count). The van der Waals surface area contributed by atoms with E-state index in [0.717, 1.165) is 36.4 Å². The molecule has 1 aliphatic rings. The van der Waals surface area contributed by atoms with Crippen LogP contribution in [-0.2, 0) is 6.54 Å². The summed E-state index contributed by atoms with van der Waals surface area (Å²) in [5.74, 6) is 0. The highest BCUT2D eigenvalue weighted by atomic mass is 15.2. The second kappa shape index (κ2) is 4.90. The Morgan fingerprint density at radius 2 is 2.26 bits per heavy atom. The molecule has 0 aromatic carbocycles. The standard InChI is InChI=1S/C14H21N5/c1-9-7-19(10(2)5-15-9)8-12-4-13-11(3)17-18-14(13)16-6-12/h4,6,9-10,15H,5,7-8H2,1-3H3,(H,16,17,18). The molecule has 2 atom stereocenters. The molecule has 19 heavy (non-hydrogen) atoms. The van der Waals surface area contributed by atoms with Crippen molar-refractivity contribution in [2.45, 2.75) is 39.4 Å². The molecule has 1 saturated heterocycles. The number of piperazine rings is 1. The predicted molar refractivity (Wildman–Crippen MR) is 76.0 cm³/mol. The van der Waals surface area contributed by atoms with Crippen LogP contribution in [0.5, 0.6) is 0 Å². The number of aryl methyl sites for hydroxylation is 1. The first-order valence-electron chi connectivity index (χ1n) is 6.90. The van der Waals surface area contributed by atoms with E-state index < -0.39 is 0 Å². The molecule has 0 saturated carbocycles. The fourth-order valence-electron chi connectivity index (χ4n) is 2.70. The van der Waals surface area contributed by atoms with Crippen LogP contribution in [-0.4, -0.2) is 45.3 Å². The largest absolute Gasteiger partial charge is 0.311 e. The van der Waals surface area contributed by atoms with Crippen molar-refractivity contribution in [1.82, 2.24) is 25.4 Å². The Kier molecular flexibility index (Phi) is 3.24. The monoisotopic (exact) mass is 259 g/mol. The Hall–Kier alpha value is -1.46. The zero-order chi connectivity index (χ0) is 13.4. The minimum absolute atomic E-state index is 0.559. The first-order valence-corrected chi connectivity index (χ1v) is 6.90. The summed E-state index contributed by atoms with van der Waals surface area (Å²) in [7, 11) is 0. The highest BCUT2D eigenvalue weighted by molar-refractivity contribution is 5.77. The Bertz CT molecular complexity index is 576. The maximum absolute atomic E-state index is 4.43. The number of fused-ring (bicyclic) bond motifs is 1. The molecule has 0 bridgehead atoms. The van der Waals surface area contributed by atoms with Crippen LogP contribution in [0.2, 0.25) is 0 Å². The number of rotatable bonds is 2. The zero-order valence-corrected chi connectivity index (χ0v) is 11.8. The number of hydrogen-bond donors (Lipinski definition) is 2. The maximum atomic E-state index is 4.43. The molecule has 2 N–H and O–H groups in total. The van der Waals surface area contributed by atoms with E-state index in [1.54, 1.807) is 0 Å². The molecule has 5 nitrogen and oxygen atoms in total. The van der Waals surface area contributed by atoms with Gasteiger partial charge in [-0.15, -0.1) is 0 Å². The molecule has 2 unspecified atom stereocenters. The van der Waals surface area contributed by atoms with Crippen LogP contribution in [0.25, 0.3) is 11.0 Å². The van der Waals surface area contributed by atoms with Crippen molar-refractivity contribution in [3.63, 3.8) is 0 Å². The number of aromatic nitrogens is 3. The molecule has 0 spiro atoms. The van der Waals surface area contributed by atoms with Crippen molar-refractivity contribution in [2.75, 3.05) is 13.1 Å². The fraction of sp³-hybridized carbons (Fsp3) is 0.571. The number of hydrogen-bond acceptors (Lipinski definition) is 4. The van der Waals surface area contributed by atoms with Crippen molar-refractivity contribution < 1.29 is 0 Å². The molecule has 3 heterocycles. The number of pyridine rings is 1. The van der Waals surface area contributed by atoms with Gasteiger partial charge in [-0.05, 0) is 32.4 Å². The SMILES string of the molecule is Cc1[nH]nc2ncc(CN3CC(C)NCC3C)cc12. The second-order valence-electron chi connectivity index (χ2n) is 5.65. The molecule has 2 aromatic rings. The molecule has 0 amide bonds. The summed E-state index contributed by atoms with van der Waals surface area (Å²) in [4.78, 5) is 6.94. The molecular formula is C14H21N5. The van der Waals surface area contributed by atoms with E-state index in [2.05, 4.69) is 45.3 Å². The predicted octanol–water partition coefficient (Wildman–Crippen LogP) is 1.45. The van der Waals surface area contributed by atoms with Crippen LogP contribution in [0.4, 0.5) is 0 Å². The molecule has 1 fully saturated rings. The number of H-pyrrole nitrogens is 1. The molecule has 1 aliphatic heterocycles. The van der Waals surface area contributed by atoms with Crippen molar-refractivity contribution in [3.8, 4) is 0 Å². The summed E-state index contributed by atoms with van der Waals surface area (Å²) in [6, 6.07) is 3.33. The lowest BCUT2D eigenvalue weighted by Crippen LogP contribution is -2.53. The van der Waals surface area contributed by atoms with Crippen LogP contribution in [0.1, 0.15) is 25.1 Å². The lowest BCUT2D eigenvalue weighted by Gasteiger charge is -2.37. The normalized spacial score (nSPS) is 25.0. The highest BCUT2D eigenvalue weighted by Crippen LogP contribution is 2.17. The van der Waals surface area contributed by atoms with E-state index in [1.165, 1.54) is 5.56 Å². The van der Waals surface area contributed by atoms with Crippen LogP contribution < -0.4 is 5.32 Å². The van der Waals surface area contributed by atoms with Crippen molar-refractivity contribution in [2.24, 2.45) is 0 Å². The van der Waals surface area contributed by atoms with Crippen LogP contribution in [0, 0.1) is 6.92 Å². The van der Waals surface area contributed by atoms with E-state index in [0.29, 0.717) is 12.1 Å². The lowest BCUT2D eigenvalue weighted by atomic mass is 10.1. The molecule has 5 heteroatoms. The Labute approximate surface area is 113 Å². The minimum Gasteiger partial charge on any atom is -0.311 e. The van der Waals surface area contributed by atoms with Crippen LogP contribution >= 0.6 is 0 Å². The highest BCUT2D eigenvalue weighted by Gasteiger charge is 2.22. The third-order valence-corrected chi connectivity index (χ3v) is 3.94. The molecule has 2 aromatic heterocycles. The average Bonchev–Trinajstić information content (AvgIpc) is 2.76. The van der Waals surface area contributed by atoms with Crippen molar-refractivity contribution >= 4 is 11.0 Å². The van der Waals surface area contributed by atoms with Gasteiger partial charge in [0.2, 0.25) is 0 Å². The number of nitrogens with one attached hydrogen (secondary N) is 2. The second-order valence-corrected chi connectivity index (χ2v) is 5.65. The molecule has 0 aliphatic carbocycles. The van der Waals surface area contributed by atoms with Gasteiger partial charge in [-0.1, -0.05) is 0 Å². The van der Waals surface area contributed by atoms with E-state index >= 15 is 0 Å². The van der Waals surface area contributed by atoms with Gasteiger partial charge in [0.1, 0.15) is 0 Å². The third kappa shape index (κ3) is 2.48. The molecule has 0 radical (unpaired) electrons. The topological polar surface area (TPSA) is 56.8 Å². The van der Waals surface area contributed by atoms with Crippen LogP contribution in [0.3, 0.4) is 0 Å². The van der Waals surface area contributed by atoms with Gasteiger partial charge in [0.25, 0.3) is 0 Å². The Morgan fingerprint density at radius 3 is 3.11 bits per heavy atom.